The Morgan fingerprint density at radius 3 is 2.32 bits per heavy atom. The maximum absolute atomic E-state index is 12.3. The summed E-state index contributed by atoms with van der Waals surface area (Å²) in [6.45, 7) is 3.60. The standard InChI is InChI=1S/C21H19NO3/c1-3-16-8-11-19(12-9-16)21(24)15(2)25-20(23)13-10-17-4-6-18(14-22)7-5-17/h4-13,15H,3H2,1-2H3/b13-10+/t15-/m0/s1. The number of rotatable bonds is 6. The van der Waals surface area contributed by atoms with E-state index in [2.05, 4.69) is 0 Å². The van der Waals surface area contributed by atoms with Crippen LogP contribution in [-0.4, -0.2) is 17.9 Å². The Balaban J connectivity index is 1.95. The highest BCUT2D eigenvalue weighted by Gasteiger charge is 2.18. The predicted molar refractivity (Wildman–Crippen MR) is 95.9 cm³/mol. The van der Waals surface area contributed by atoms with Crippen molar-refractivity contribution in [2.24, 2.45) is 0 Å². The van der Waals surface area contributed by atoms with Crippen molar-refractivity contribution < 1.29 is 14.3 Å². The Morgan fingerprint density at radius 2 is 1.76 bits per heavy atom. The molecule has 0 N–H and O–H groups in total. The molecule has 0 saturated heterocycles. The molecular formula is C21H19NO3. The predicted octanol–water partition coefficient (Wildman–Crippen LogP) is 3.95. The topological polar surface area (TPSA) is 67.2 Å². The van der Waals surface area contributed by atoms with Gasteiger partial charge in [-0.25, -0.2) is 4.79 Å². The molecule has 25 heavy (non-hydrogen) atoms. The van der Waals surface area contributed by atoms with E-state index < -0.39 is 12.1 Å². The maximum atomic E-state index is 12.3. The third-order valence-corrected chi connectivity index (χ3v) is 3.76. The second-order valence-electron chi connectivity index (χ2n) is 5.56. The fourth-order valence-electron chi connectivity index (χ4n) is 2.24. The molecule has 0 unspecified atom stereocenters. The van der Waals surface area contributed by atoms with E-state index in [4.69, 9.17) is 10.00 Å². The molecule has 2 aromatic carbocycles. The third kappa shape index (κ3) is 5.15. The highest BCUT2D eigenvalue weighted by molar-refractivity contribution is 6.01. The van der Waals surface area contributed by atoms with Gasteiger partial charge in [0.25, 0.3) is 0 Å². The van der Waals surface area contributed by atoms with E-state index >= 15 is 0 Å². The summed E-state index contributed by atoms with van der Waals surface area (Å²) in [5.41, 5.74) is 2.98. The molecule has 0 radical (unpaired) electrons. The number of nitriles is 1. The van der Waals surface area contributed by atoms with E-state index in [-0.39, 0.29) is 5.78 Å². The van der Waals surface area contributed by atoms with Gasteiger partial charge in [-0.2, -0.15) is 5.26 Å². The average Bonchev–Trinajstić information content (AvgIpc) is 2.66. The molecule has 126 valence electrons. The Bertz CT molecular complexity index is 812. The van der Waals surface area contributed by atoms with E-state index in [0.29, 0.717) is 11.1 Å². The Hall–Kier alpha value is -3.19. The first-order valence-corrected chi connectivity index (χ1v) is 8.05. The van der Waals surface area contributed by atoms with Crippen LogP contribution in [0.5, 0.6) is 0 Å². The van der Waals surface area contributed by atoms with Crippen molar-refractivity contribution >= 4 is 17.8 Å². The number of carbonyl (C=O) groups is 2. The van der Waals surface area contributed by atoms with Crippen molar-refractivity contribution in [3.8, 4) is 6.07 Å². The molecular weight excluding hydrogens is 314 g/mol. The minimum atomic E-state index is -0.856. The monoisotopic (exact) mass is 333 g/mol. The number of ketones is 1. The number of ether oxygens (including phenoxy) is 1. The van der Waals surface area contributed by atoms with Gasteiger partial charge in [-0.3, -0.25) is 4.79 Å². The van der Waals surface area contributed by atoms with Crippen LogP contribution in [0.3, 0.4) is 0 Å². The zero-order valence-corrected chi connectivity index (χ0v) is 14.2. The van der Waals surface area contributed by atoms with Gasteiger partial charge in [-0.05, 0) is 42.7 Å². The number of carbonyl (C=O) groups excluding carboxylic acids is 2. The molecule has 0 aromatic heterocycles. The first kappa shape index (κ1) is 18.2. The third-order valence-electron chi connectivity index (χ3n) is 3.76. The smallest absolute Gasteiger partial charge is 0.331 e. The zero-order chi connectivity index (χ0) is 18.2. The Morgan fingerprint density at radius 1 is 1.12 bits per heavy atom. The summed E-state index contributed by atoms with van der Waals surface area (Å²) in [4.78, 5) is 24.2. The van der Waals surface area contributed by atoms with Crippen molar-refractivity contribution in [3.05, 3.63) is 76.9 Å². The lowest BCUT2D eigenvalue weighted by Gasteiger charge is -2.11. The molecule has 4 heteroatoms. The average molecular weight is 333 g/mol. The number of esters is 1. The lowest BCUT2D eigenvalue weighted by Crippen LogP contribution is -2.23. The van der Waals surface area contributed by atoms with Crippen LogP contribution in [-0.2, 0) is 16.0 Å². The van der Waals surface area contributed by atoms with Gasteiger partial charge in [0, 0.05) is 11.6 Å². The summed E-state index contributed by atoms with van der Waals surface area (Å²) in [5, 5.41) is 8.75. The second kappa shape index (κ2) is 8.60. The van der Waals surface area contributed by atoms with E-state index in [1.807, 2.05) is 25.1 Å². The maximum Gasteiger partial charge on any atom is 0.331 e. The van der Waals surface area contributed by atoms with Crippen LogP contribution in [0.15, 0.2) is 54.6 Å². The van der Waals surface area contributed by atoms with Crippen LogP contribution in [0, 0.1) is 11.3 Å². The van der Waals surface area contributed by atoms with Gasteiger partial charge < -0.3 is 4.74 Å². The van der Waals surface area contributed by atoms with Gasteiger partial charge in [0.2, 0.25) is 5.78 Å². The number of aryl methyl sites for hydroxylation is 1. The molecule has 0 heterocycles. The lowest BCUT2D eigenvalue weighted by molar-refractivity contribution is -0.140. The van der Waals surface area contributed by atoms with Crippen LogP contribution in [0.25, 0.3) is 6.08 Å². The molecule has 0 bridgehead atoms. The largest absolute Gasteiger partial charge is 0.451 e. The van der Waals surface area contributed by atoms with Crippen LogP contribution in [0.1, 0.15) is 40.9 Å². The molecule has 0 aliphatic heterocycles. The number of nitrogens with zero attached hydrogens (tertiary/aromatic N) is 1. The molecule has 0 saturated carbocycles. The molecule has 0 aliphatic rings. The minimum absolute atomic E-state index is 0.234. The summed E-state index contributed by atoms with van der Waals surface area (Å²) in [5.74, 6) is -0.821. The van der Waals surface area contributed by atoms with Gasteiger partial charge in [0.05, 0.1) is 11.6 Å². The summed E-state index contributed by atoms with van der Waals surface area (Å²) in [6, 6.07) is 16.1. The van der Waals surface area contributed by atoms with Crippen LogP contribution in [0.4, 0.5) is 0 Å². The van der Waals surface area contributed by atoms with E-state index in [1.165, 1.54) is 6.08 Å². The van der Waals surface area contributed by atoms with Crippen LogP contribution in [0.2, 0.25) is 0 Å². The highest BCUT2D eigenvalue weighted by Crippen LogP contribution is 2.10. The van der Waals surface area contributed by atoms with Crippen LogP contribution >= 0.6 is 0 Å². The molecule has 2 aromatic rings. The summed E-state index contributed by atoms with van der Waals surface area (Å²) in [7, 11) is 0. The van der Waals surface area contributed by atoms with E-state index in [1.54, 1.807) is 49.4 Å². The number of hydrogen-bond acceptors (Lipinski definition) is 4. The highest BCUT2D eigenvalue weighted by atomic mass is 16.5. The van der Waals surface area contributed by atoms with Gasteiger partial charge >= 0.3 is 5.97 Å². The molecule has 0 fully saturated rings. The van der Waals surface area contributed by atoms with E-state index in [0.717, 1.165) is 17.5 Å². The first-order valence-electron chi connectivity index (χ1n) is 8.05. The Kier molecular flexibility index (Phi) is 6.25. The van der Waals surface area contributed by atoms with Gasteiger partial charge in [-0.15, -0.1) is 0 Å². The van der Waals surface area contributed by atoms with Crippen molar-refractivity contribution in [2.75, 3.05) is 0 Å². The molecule has 4 nitrogen and oxygen atoms in total. The summed E-state index contributed by atoms with van der Waals surface area (Å²) < 4.78 is 5.16. The Labute approximate surface area is 147 Å². The normalized spacial score (nSPS) is 11.7. The minimum Gasteiger partial charge on any atom is -0.451 e. The zero-order valence-electron chi connectivity index (χ0n) is 14.2. The lowest BCUT2D eigenvalue weighted by atomic mass is 10.0. The van der Waals surface area contributed by atoms with Crippen molar-refractivity contribution in [1.29, 1.82) is 5.26 Å². The molecule has 0 spiro atoms. The number of benzene rings is 2. The summed E-state index contributed by atoms with van der Waals surface area (Å²) >= 11 is 0. The quantitative estimate of drug-likeness (QED) is 0.456. The molecule has 0 aliphatic carbocycles. The molecule has 2 rings (SSSR count). The fraction of sp³-hybridized carbons (Fsp3) is 0.190. The fourth-order valence-corrected chi connectivity index (χ4v) is 2.24. The van der Waals surface area contributed by atoms with Gasteiger partial charge in [0.15, 0.2) is 6.10 Å². The number of Topliss-reactive ketones (excluding diaryl/α,β-unsaturated/α-hetero) is 1. The van der Waals surface area contributed by atoms with E-state index in [9.17, 15) is 9.59 Å². The van der Waals surface area contributed by atoms with Crippen LogP contribution < -0.4 is 0 Å². The van der Waals surface area contributed by atoms with Gasteiger partial charge in [0.1, 0.15) is 0 Å². The van der Waals surface area contributed by atoms with Crippen molar-refractivity contribution in [1.82, 2.24) is 0 Å². The number of hydrogen-bond donors (Lipinski definition) is 0. The molecule has 1 atom stereocenters. The first-order chi connectivity index (χ1) is 12.0. The summed E-state index contributed by atoms with van der Waals surface area (Å²) in [6.07, 6.45) is 2.90. The van der Waals surface area contributed by atoms with Crippen molar-refractivity contribution in [2.45, 2.75) is 26.4 Å². The van der Waals surface area contributed by atoms with Crippen molar-refractivity contribution in [3.63, 3.8) is 0 Å². The second-order valence-corrected chi connectivity index (χ2v) is 5.56. The SMILES string of the molecule is CCc1ccc(C(=O)[C@H](C)OC(=O)/C=C/c2ccc(C#N)cc2)cc1. The molecule has 0 amide bonds. The van der Waals surface area contributed by atoms with Gasteiger partial charge in [-0.1, -0.05) is 43.3 Å².